The van der Waals surface area contributed by atoms with Crippen molar-refractivity contribution in [2.45, 2.75) is 33.2 Å². The summed E-state index contributed by atoms with van der Waals surface area (Å²) in [5, 5.41) is 5.52. The highest BCUT2D eigenvalue weighted by Crippen LogP contribution is 2.20. The van der Waals surface area contributed by atoms with E-state index in [9.17, 15) is 9.59 Å². The molecule has 5 heteroatoms. The summed E-state index contributed by atoms with van der Waals surface area (Å²) in [6, 6.07) is 5.63. The predicted molar refractivity (Wildman–Crippen MR) is 79.1 cm³/mol. The van der Waals surface area contributed by atoms with Gasteiger partial charge < -0.3 is 10.6 Å². The van der Waals surface area contributed by atoms with Crippen molar-refractivity contribution < 1.29 is 9.59 Å². The van der Waals surface area contributed by atoms with E-state index in [4.69, 9.17) is 0 Å². The summed E-state index contributed by atoms with van der Waals surface area (Å²) >= 11 is 3.39. The van der Waals surface area contributed by atoms with Gasteiger partial charge in [-0.3, -0.25) is 9.59 Å². The number of carbonyl (C=O) groups excluding carboxylic acids is 2. The average molecular weight is 327 g/mol. The fourth-order valence-corrected chi connectivity index (χ4v) is 2.05. The van der Waals surface area contributed by atoms with Crippen molar-refractivity contribution >= 4 is 27.7 Å². The van der Waals surface area contributed by atoms with Crippen molar-refractivity contribution in [3.8, 4) is 0 Å². The number of aryl methyl sites for hydroxylation is 1. The first-order valence-corrected chi connectivity index (χ1v) is 7.03. The Bertz CT molecular complexity index is 473. The summed E-state index contributed by atoms with van der Waals surface area (Å²) in [4.78, 5) is 23.4. The summed E-state index contributed by atoms with van der Waals surface area (Å²) in [6.07, 6.45) is 0.285. The normalized spacial score (nSPS) is 10.4. The third-order valence-corrected chi connectivity index (χ3v) is 3.58. The highest BCUT2D eigenvalue weighted by Gasteiger charge is 2.11. The third kappa shape index (κ3) is 5.03. The molecule has 2 N–H and O–H groups in total. The van der Waals surface area contributed by atoms with E-state index in [0.29, 0.717) is 12.1 Å². The van der Waals surface area contributed by atoms with Crippen molar-refractivity contribution in [2.24, 2.45) is 0 Å². The van der Waals surface area contributed by atoms with Gasteiger partial charge in [-0.25, -0.2) is 0 Å². The maximum absolute atomic E-state index is 11.9. The van der Waals surface area contributed by atoms with Crippen molar-refractivity contribution in [1.82, 2.24) is 10.6 Å². The lowest BCUT2D eigenvalue weighted by Gasteiger charge is -2.10. The van der Waals surface area contributed by atoms with Gasteiger partial charge in [-0.1, -0.05) is 12.1 Å². The number of carbonyl (C=O) groups is 2. The molecule has 0 aliphatic rings. The Morgan fingerprint density at radius 3 is 2.63 bits per heavy atom. The van der Waals surface area contributed by atoms with E-state index in [1.165, 1.54) is 0 Å². The largest absolute Gasteiger partial charge is 0.354 e. The molecule has 0 saturated heterocycles. The molecule has 2 amide bonds. The molecule has 0 heterocycles. The highest BCUT2D eigenvalue weighted by molar-refractivity contribution is 9.10. The quantitative estimate of drug-likeness (QED) is 0.872. The molecule has 0 bridgehead atoms. The predicted octanol–water partition coefficient (Wildman–Crippen LogP) is 2.40. The molecular weight excluding hydrogens is 308 g/mol. The molecule has 0 atom stereocenters. The smallest absolute Gasteiger partial charge is 0.252 e. The van der Waals surface area contributed by atoms with Crippen molar-refractivity contribution in [3.05, 3.63) is 33.8 Å². The number of nitrogens with one attached hydrogen (secondary N) is 2. The van der Waals surface area contributed by atoms with Crippen LogP contribution in [-0.4, -0.2) is 24.4 Å². The van der Waals surface area contributed by atoms with Crippen LogP contribution < -0.4 is 10.6 Å². The molecule has 104 valence electrons. The van der Waals surface area contributed by atoms with Gasteiger partial charge in [-0.05, 0) is 48.3 Å². The number of hydrogen-bond acceptors (Lipinski definition) is 2. The molecule has 0 aliphatic heterocycles. The van der Waals surface area contributed by atoms with Crippen LogP contribution >= 0.6 is 15.9 Å². The second-order valence-electron chi connectivity index (χ2n) is 4.66. The first-order valence-electron chi connectivity index (χ1n) is 6.24. The van der Waals surface area contributed by atoms with Crippen LogP contribution in [0.15, 0.2) is 22.7 Å². The Labute approximate surface area is 122 Å². The minimum Gasteiger partial charge on any atom is -0.354 e. The lowest BCUT2D eigenvalue weighted by atomic mass is 10.1. The summed E-state index contributed by atoms with van der Waals surface area (Å²) < 4.78 is 0.791. The molecule has 0 spiro atoms. The zero-order valence-electron chi connectivity index (χ0n) is 11.4. The van der Waals surface area contributed by atoms with Crippen molar-refractivity contribution in [2.75, 3.05) is 6.54 Å². The first kappa shape index (κ1) is 15.7. The van der Waals surface area contributed by atoms with Gasteiger partial charge in [0.05, 0.1) is 5.56 Å². The summed E-state index contributed by atoms with van der Waals surface area (Å²) in [5.41, 5.74) is 1.59. The summed E-state index contributed by atoms with van der Waals surface area (Å²) in [7, 11) is 0. The van der Waals surface area contributed by atoms with Gasteiger partial charge in [0.1, 0.15) is 0 Å². The zero-order chi connectivity index (χ0) is 14.4. The van der Waals surface area contributed by atoms with Crippen LogP contribution in [0.2, 0.25) is 0 Å². The van der Waals surface area contributed by atoms with E-state index in [2.05, 4.69) is 26.6 Å². The van der Waals surface area contributed by atoms with Gasteiger partial charge in [0, 0.05) is 23.5 Å². The number of benzene rings is 1. The fourth-order valence-electron chi connectivity index (χ4n) is 1.60. The Morgan fingerprint density at radius 2 is 2.00 bits per heavy atom. The number of hydrogen-bond donors (Lipinski definition) is 2. The molecule has 19 heavy (non-hydrogen) atoms. The first-order chi connectivity index (χ1) is 8.91. The van der Waals surface area contributed by atoms with E-state index >= 15 is 0 Å². The minimum absolute atomic E-state index is 0.0568. The van der Waals surface area contributed by atoms with Crippen LogP contribution in [0.1, 0.15) is 36.2 Å². The lowest BCUT2D eigenvalue weighted by Crippen LogP contribution is -2.34. The second kappa shape index (κ2) is 7.28. The van der Waals surface area contributed by atoms with Crippen molar-refractivity contribution in [1.29, 1.82) is 0 Å². The molecule has 1 rings (SSSR count). The Morgan fingerprint density at radius 1 is 1.32 bits per heavy atom. The molecule has 0 aliphatic carbocycles. The SMILES string of the molecule is Cc1cccc(C(=O)NCCC(=O)NC(C)C)c1Br. The van der Waals surface area contributed by atoms with Crippen LogP contribution in [0.3, 0.4) is 0 Å². The molecule has 1 aromatic carbocycles. The van der Waals surface area contributed by atoms with Crippen LogP contribution in [0.4, 0.5) is 0 Å². The standard InChI is InChI=1S/C14H19BrN2O2/c1-9(2)17-12(18)7-8-16-14(19)11-6-4-5-10(3)13(11)15/h4-6,9H,7-8H2,1-3H3,(H,16,19)(H,17,18). The van der Waals surface area contributed by atoms with Gasteiger partial charge in [0.25, 0.3) is 5.91 Å². The Hall–Kier alpha value is -1.36. The Kier molecular flexibility index (Phi) is 6.02. The molecule has 0 saturated carbocycles. The summed E-state index contributed by atoms with van der Waals surface area (Å²) in [5.74, 6) is -0.230. The molecule has 0 unspecified atom stereocenters. The van der Waals surface area contributed by atoms with E-state index in [0.717, 1.165) is 10.0 Å². The van der Waals surface area contributed by atoms with Crippen LogP contribution in [0.25, 0.3) is 0 Å². The molecule has 0 radical (unpaired) electrons. The number of amides is 2. The van der Waals surface area contributed by atoms with Gasteiger partial charge in [0.2, 0.25) is 5.91 Å². The lowest BCUT2D eigenvalue weighted by molar-refractivity contribution is -0.121. The fraction of sp³-hybridized carbons (Fsp3) is 0.429. The third-order valence-electron chi connectivity index (χ3n) is 2.52. The average Bonchev–Trinajstić information content (AvgIpc) is 2.31. The van der Waals surface area contributed by atoms with Crippen LogP contribution in [-0.2, 0) is 4.79 Å². The zero-order valence-corrected chi connectivity index (χ0v) is 13.0. The Balaban J connectivity index is 2.48. The topological polar surface area (TPSA) is 58.2 Å². The van der Waals surface area contributed by atoms with E-state index in [-0.39, 0.29) is 24.3 Å². The maximum atomic E-state index is 11.9. The molecule has 1 aromatic rings. The number of rotatable bonds is 5. The van der Waals surface area contributed by atoms with E-state index in [1.807, 2.05) is 32.9 Å². The second-order valence-corrected chi connectivity index (χ2v) is 5.46. The molecule has 4 nitrogen and oxygen atoms in total. The molecular formula is C14H19BrN2O2. The van der Waals surface area contributed by atoms with Gasteiger partial charge >= 0.3 is 0 Å². The maximum Gasteiger partial charge on any atom is 0.252 e. The van der Waals surface area contributed by atoms with Crippen molar-refractivity contribution in [3.63, 3.8) is 0 Å². The van der Waals surface area contributed by atoms with Gasteiger partial charge in [0.15, 0.2) is 0 Å². The van der Waals surface area contributed by atoms with Crippen LogP contribution in [0.5, 0.6) is 0 Å². The van der Waals surface area contributed by atoms with E-state index in [1.54, 1.807) is 6.07 Å². The van der Waals surface area contributed by atoms with E-state index < -0.39 is 0 Å². The monoisotopic (exact) mass is 326 g/mol. The summed E-state index contributed by atoms with van der Waals surface area (Å²) in [6.45, 7) is 6.06. The highest BCUT2D eigenvalue weighted by atomic mass is 79.9. The molecule has 0 aromatic heterocycles. The minimum atomic E-state index is -0.173. The van der Waals surface area contributed by atoms with Crippen LogP contribution in [0, 0.1) is 6.92 Å². The molecule has 0 fully saturated rings. The number of halogens is 1. The van der Waals surface area contributed by atoms with Gasteiger partial charge in [-0.15, -0.1) is 0 Å². The van der Waals surface area contributed by atoms with Gasteiger partial charge in [-0.2, -0.15) is 0 Å².